The first-order valence-corrected chi connectivity index (χ1v) is 10.2. The second kappa shape index (κ2) is 3.09. The highest BCUT2D eigenvalue weighted by Gasteiger charge is 2.60. The van der Waals surface area contributed by atoms with Crippen molar-refractivity contribution in [2.24, 2.45) is 29.6 Å². The molecule has 0 aliphatic heterocycles. The number of carbonyl (C=O) groups excluding carboxylic acids is 1. The predicted octanol–water partition coefficient (Wildman–Crippen LogP) is 3.35. The predicted molar refractivity (Wildman–Crippen MR) is 69.0 cm³/mol. The van der Waals surface area contributed by atoms with Crippen LogP contribution < -0.4 is 0 Å². The average molecular weight is 234 g/mol. The van der Waals surface area contributed by atoms with E-state index in [9.17, 15) is 4.79 Å². The molecule has 0 saturated heterocycles. The van der Waals surface area contributed by atoms with Crippen molar-refractivity contribution in [3.63, 3.8) is 0 Å². The number of hydrogen-bond acceptors (Lipinski definition) is 1. The highest BCUT2D eigenvalue weighted by atomic mass is 28.3. The summed E-state index contributed by atoms with van der Waals surface area (Å²) in [5, 5.41) is 0. The van der Waals surface area contributed by atoms with Gasteiger partial charge in [0.25, 0.3) is 0 Å². The van der Waals surface area contributed by atoms with Crippen LogP contribution in [0.15, 0.2) is 12.2 Å². The third-order valence-corrected chi connectivity index (χ3v) is 7.90. The Morgan fingerprint density at radius 3 is 2.38 bits per heavy atom. The molecule has 6 atom stereocenters. The van der Waals surface area contributed by atoms with Gasteiger partial charge in [-0.3, -0.25) is 4.79 Å². The Hall–Kier alpha value is -0.373. The van der Waals surface area contributed by atoms with Crippen LogP contribution in [0.5, 0.6) is 0 Å². The van der Waals surface area contributed by atoms with Crippen molar-refractivity contribution >= 4 is 13.9 Å². The molecule has 3 aliphatic rings. The van der Waals surface area contributed by atoms with Crippen LogP contribution in [-0.2, 0) is 4.79 Å². The molecule has 0 aromatic rings. The Kier molecular flexibility index (Phi) is 2.08. The lowest BCUT2D eigenvalue weighted by Gasteiger charge is -2.30. The van der Waals surface area contributed by atoms with E-state index in [0.29, 0.717) is 35.0 Å². The molecule has 88 valence electrons. The van der Waals surface area contributed by atoms with Crippen LogP contribution in [0, 0.1) is 29.6 Å². The molecule has 2 heteroatoms. The van der Waals surface area contributed by atoms with Gasteiger partial charge in [0.05, 0.1) is 8.07 Å². The van der Waals surface area contributed by atoms with E-state index in [1.165, 1.54) is 6.42 Å². The van der Waals surface area contributed by atoms with Crippen LogP contribution >= 0.6 is 0 Å². The van der Waals surface area contributed by atoms with Gasteiger partial charge in [-0.25, -0.2) is 0 Å². The number of carbonyl (C=O) groups is 1. The summed E-state index contributed by atoms with van der Waals surface area (Å²) in [6.45, 7) is 9.44. The molecule has 3 rings (SSSR count). The van der Waals surface area contributed by atoms with Crippen molar-refractivity contribution in [3.8, 4) is 0 Å². The minimum Gasteiger partial charge on any atom is -0.299 e. The van der Waals surface area contributed by atoms with E-state index in [2.05, 4.69) is 38.7 Å². The summed E-state index contributed by atoms with van der Waals surface area (Å²) in [7, 11) is -1.33. The molecule has 3 aliphatic carbocycles. The quantitative estimate of drug-likeness (QED) is 0.502. The van der Waals surface area contributed by atoms with Crippen molar-refractivity contribution in [1.82, 2.24) is 0 Å². The van der Waals surface area contributed by atoms with E-state index in [1.807, 2.05) is 0 Å². The minimum absolute atomic E-state index is 0.404. The lowest BCUT2D eigenvalue weighted by Crippen LogP contribution is -2.35. The van der Waals surface area contributed by atoms with Gasteiger partial charge in [-0.15, -0.1) is 0 Å². The van der Waals surface area contributed by atoms with Gasteiger partial charge >= 0.3 is 0 Å². The molecular formula is C14H22OSi. The Labute approximate surface area is 99.3 Å². The van der Waals surface area contributed by atoms with E-state index in [1.54, 1.807) is 0 Å². The fourth-order valence-electron chi connectivity index (χ4n) is 4.88. The maximum Gasteiger partial charge on any atom is 0.137 e. The number of rotatable bonds is 1. The Balaban J connectivity index is 1.98. The van der Waals surface area contributed by atoms with E-state index in [4.69, 9.17) is 0 Å². The largest absolute Gasteiger partial charge is 0.299 e. The smallest absolute Gasteiger partial charge is 0.137 e. The van der Waals surface area contributed by atoms with Crippen molar-refractivity contribution in [2.45, 2.75) is 38.5 Å². The number of ketones is 1. The third-order valence-electron chi connectivity index (χ3n) is 5.22. The highest BCUT2D eigenvalue weighted by molar-refractivity contribution is 6.80. The first-order valence-electron chi connectivity index (χ1n) is 6.63. The number of allylic oxidation sites excluding steroid dienone is 2. The van der Waals surface area contributed by atoms with Gasteiger partial charge in [0, 0.05) is 11.5 Å². The second-order valence-corrected chi connectivity index (χ2v) is 12.5. The lowest BCUT2D eigenvalue weighted by molar-refractivity contribution is -0.121. The maximum atomic E-state index is 12.6. The molecule has 0 radical (unpaired) electrons. The topological polar surface area (TPSA) is 17.1 Å². The minimum atomic E-state index is -1.33. The number of hydrogen-bond donors (Lipinski definition) is 0. The normalized spacial score (nSPS) is 50.1. The molecule has 0 unspecified atom stereocenters. The molecule has 0 N–H and O–H groups in total. The van der Waals surface area contributed by atoms with Crippen LogP contribution in [0.1, 0.15) is 13.3 Å². The van der Waals surface area contributed by atoms with Crippen LogP contribution in [0.25, 0.3) is 0 Å². The molecule has 0 aromatic carbocycles. The van der Waals surface area contributed by atoms with Gasteiger partial charge in [0.2, 0.25) is 0 Å². The van der Waals surface area contributed by atoms with E-state index < -0.39 is 8.07 Å². The fourth-order valence-corrected chi connectivity index (χ4v) is 7.73. The van der Waals surface area contributed by atoms with E-state index >= 15 is 0 Å². The summed E-state index contributed by atoms with van der Waals surface area (Å²) in [6.07, 6.45) is 5.98. The SMILES string of the molecule is C[C@H]1[C@H]2[C@@H](C(=O)[C@@H]1[Si](C)(C)C)[C@@H]1C=C[C@H]2C1. The zero-order chi connectivity index (χ0) is 11.7. The van der Waals surface area contributed by atoms with Gasteiger partial charge in [-0.05, 0) is 30.1 Å². The van der Waals surface area contributed by atoms with E-state index in [-0.39, 0.29) is 0 Å². The van der Waals surface area contributed by atoms with Crippen LogP contribution in [0.2, 0.25) is 25.2 Å². The Morgan fingerprint density at radius 1 is 1.19 bits per heavy atom. The molecule has 2 fully saturated rings. The van der Waals surface area contributed by atoms with E-state index in [0.717, 1.165) is 5.92 Å². The summed E-state index contributed by atoms with van der Waals surface area (Å²) in [6, 6.07) is 0. The highest BCUT2D eigenvalue weighted by Crippen LogP contribution is 2.61. The molecule has 0 amide bonds. The number of Topliss-reactive ketones (excluding diaryl/α,β-unsaturated/α-hetero) is 1. The van der Waals surface area contributed by atoms with Crippen LogP contribution in [-0.4, -0.2) is 13.9 Å². The molecule has 2 bridgehead atoms. The first-order chi connectivity index (χ1) is 7.41. The molecule has 0 heterocycles. The van der Waals surface area contributed by atoms with Crippen molar-refractivity contribution in [2.75, 3.05) is 0 Å². The molecule has 2 saturated carbocycles. The van der Waals surface area contributed by atoms with Gasteiger partial charge in [0.15, 0.2) is 0 Å². The summed E-state index contributed by atoms with van der Waals surface area (Å²) in [5.74, 6) is 3.71. The summed E-state index contributed by atoms with van der Waals surface area (Å²) in [4.78, 5) is 12.6. The monoisotopic (exact) mass is 234 g/mol. The lowest BCUT2D eigenvalue weighted by atomic mass is 9.82. The van der Waals surface area contributed by atoms with Crippen molar-refractivity contribution < 1.29 is 4.79 Å². The van der Waals surface area contributed by atoms with Gasteiger partial charge in [0.1, 0.15) is 5.78 Å². The Bertz CT molecular complexity index is 365. The fraction of sp³-hybridized carbons (Fsp3) is 0.786. The zero-order valence-electron chi connectivity index (χ0n) is 10.7. The second-order valence-electron chi connectivity index (χ2n) is 7.16. The number of fused-ring (bicyclic) bond motifs is 5. The average Bonchev–Trinajstić information content (AvgIpc) is 2.77. The molecule has 0 spiro atoms. The van der Waals surface area contributed by atoms with Crippen molar-refractivity contribution in [1.29, 1.82) is 0 Å². The third kappa shape index (κ3) is 1.20. The van der Waals surface area contributed by atoms with Gasteiger partial charge in [-0.1, -0.05) is 38.7 Å². The first kappa shape index (κ1) is 10.8. The zero-order valence-corrected chi connectivity index (χ0v) is 11.7. The molecule has 16 heavy (non-hydrogen) atoms. The molecule has 1 nitrogen and oxygen atoms in total. The summed E-state index contributed by atoms with van der Waals surface area (Å²) in [5.41, 5.74) is 0.424. The van der Waals surface area contributed by atoms with Gasteiger partial charge < -0.3 is 0 Å². The molecular weight excluding hydrogens is 212 g/mol. The maximum absolute atomic E-state index is 12.6. The summed E-state index contributed by atoms with van der Waals surface area (Å²) >= 11 is 0. The van der Waals surface area contributed by atoms with Crippen molar-refractivity contribution in [3.05, 3.63) is 12.2 Å². The standard InChI is InChI=1S/C14H22OSi/c1-8-11-9-5-6-10(7-9)12(11)13(15)14(8)16(2,3)4/h5-6,8-12,14H,7H2,1-4H3/t8-,9-,10+,11+,12-,14+/m0/s1. The summed E-state index contributed by atoms with van der Waals surface area (Å²) < 4.78 is 0. The molecule has 0 aromatic heterocycles. The van der Waals surface area contributed by atoms with Crippen LogP contribution in [0.3, 0.4) is 0 Å². The van der Waals surface area contributed by atoms with Gasteiger partial charge in [-0.2, -0.15) is 0 Å². The Morgan fingerprint density at radius 2 is 1.81 bits per heavy atom. The van der Waals surface area contributed by atoms with Crippen LogP contribution in [0.4, 0.5) is 0 Å².